The lowest BCUT2D eigenvalue weighted by atomic mass is 10.1. The summed E-state index contributed by atoms with van der Waals surface area (Å²) in [5.74, 6) is -0.333. The fourth-order valence-electron chi connectivity index (χ4n) is 2.54. The van der Waals surface area contributed by atoms with E-state index in [0.29, 0.717) is 6.54 Å². The molecule has 0 aliphatic heterocycles. The lowest BCUT2D eigenvalue weighted by Gasteiger charge is -2.06. The summed E-state index contributed by atoms with van der Waals surface area (Å²) < 4.78 is 13.1. The van der Waals surface area contributed by atoms with Crippen LogP contribution in [-0.4, -0.2) is 10.9 Å². The van der Waals surface area contributed by atoms with Gasteiger partial charge in [0.1, 0.15) is 5.82 Å². The molecule has 0 bridgehead atoms. The number of thiazole rings is 1. The van der Waals surface area contributed by atoms with Gasteiger partial charge in [-0.15, -0.1) is 11.3 Å². The van der Waals surface area contributed by atoms with Crippen LogP contribution in [0.25, 0.3) is 11.3 Å². The summed E-state index contributed by atoms with van der Waals surface area (Å²) in [7, 11) is 0. The number of rotatable bonds is 5. The summed E-state index contributed by atoms with van der Waals surface area (Å²) >= 11 is 1.50. The molecular formula is C20H19FN2OS. The number of aromatic nitrogens is 1. The van der Waals surface area contributed by atoms with Crippen molar-refractivity contribution >= 4 is 17.2 Å². The molecule has 5 heteroatoms. The number of benzene rings is 2. The van der Waals surface area contributed by atoms with E-state index in [2.05, 4.69) is 10.3 Å². The Morgan fingerprint density at radius 2 is 1.76 bits per heavy atom. The first kappa shape index (κ1) is 17.3. The van der Waals surface area contributed by atoms with Gasteiger partial charge in [-0.3, -0.25) is 4.79 Å². The van der Waals surface area contributed by atoms with Gasteiger partial charge in [-0.1, -0.05) is 29.8 Å². The van der Waals surface area contributed by atoms with Gasteiger partial charge in [0.25, 0.3) is 0 Å². The van der Waals surface area contributed by atoms with Crippen LogP contribution in [0.15, 0.2) is 48.5 Å². The van der Waals surface area contributed by atoms with E-state index in [1.165, 1.54) is 29.0 Å². The number of carbonyl (C=O) groups excluding carboxylic acids is 1. The minimum absolute atomic E-state index is 0.0485. The molecule has 0 radical (unpaired) electrons. The van der Waals surface area contributed by atoms with Crippen LogP contribution in [0.3, 0.4) is 0 Å². The SMILES string of the molecule is Cc1ccc(CNC(=O)Cc2sc(C)nc2-c2ccc(F)cc2)cc1. The molecule has 2 aromatic carbocycles. The average molecular weight is 354 g/mol. The Hall–Kier alpha value is -2.53. The van der Waals surface area contributed by atoms with Gasteiger partial charge in [0, 0.05) is 17.0 Å². The molecular weight excluding hydrogens is 335 g/mol. The molecule has 3 nitrogen and oxygen atoms in total. The van der Waals surface area contributed by atoms with E-state index >= 15 is 0 Å². The van der Waals surface area contributed by atoms with Crippen molar-refractivity contribution in [2.45, 2.75) is 26.8 Å². The topological polar surface area (TPSA) is 42.0 Å². The molecule has 0 aliphatic carbocycles. The van der Waals surface area contributed by atoms with Crippen molar-refractivity contribution in [1.29, 1.82) is 0 Å². The van der Waals surface area contributed by atoms with Crippen molar-refractivity contribution in [3.05, 3.63) is 75.4 Å². The van der Waals surface area contributed by atoms with Gasteiger partial charge < -0.3 is 5.32 Å². The normalized spacial score (nSPS) is 10.7. The minimum atomic E-state index is -0.284. The van der Waals surface area contributed by atoms with Crippen LogP contribution in [0.5, 0.6) is 0 Å². The second kappa shape index (κ2) is 7.57. The maximum atomic E-state index is 13.1. The number of hydrogen-bond donors (Lipinski definition) is 1. The number of carbonyl (C=O) groups is 1. The van der Waals surface area contributed by atoms with Crippen LogP contribution < -0.4 is 5.32 Å². The molecule has 25 heavy (non-hydrogen) atoms. The summed E-state index contributed by atoms with van der Waals surface area (Å²) in [4.78, 5) is 17.7. The van der Waals surface area contributed by atoms with E-state index in [1.807, 2.05) is 38.1 Å². The monoisotopic (exact) mass is 354 g/mol. The molecule has 1 aromatic heterocycles. The zero-order valence-electron chi connectivity index (χ0n) is 14.2. The molecule has 128 valence electrons. The predicted octanol–water partition coefficient (Wildman–Crippen LogP) is 4.42. The van der Waals surface area contributed by atoms with Gasteiger partial charge in [-0.05, 0) is 43.7 Å². The Morgan fingerprint density at radius 1 is 1.08 bits per heavy atom. The van der Waals surface area contributed by atoms with Crippen LogP contribution in [0, 0.1) is 19.7 Å². The Kier molecular flexibility index (Phi) is 5.24. The molecule has 0 aliphatic rings. The first-order chi connectivity index (χ1) is 12.0. The van der Waals surface area contributed by atoms with Crippen LogP contribution >= 0.6 is 11.3 Å². The van der Waals surface area contributed by atoms with E-state index < -0.39 is 0 Å². The second-order valence-corrected chi connectivity index (χ2v) is 7.24. The Morgan fingerprint density at radius 3 is 2.44 bits per heavy atom. The molecule has 0 atom stereocenters. The fourth-order valence-corrected chi connectivity index (χ4v) is 3.49. The predicted molar refractivity (Wildman–Crippen MR) is 99.0 cm³/mol. The maximum Gasteiger partial charge on any atom is 0.225 e. The molecule has 0 saturated heterocycles. The number of hydrogen-bond acceptors (Lipinski definition) is 3. The molecule has 1 N–H and O–H groups in total. The van der Waals surface area contributed by atoms with Crippen molar-refractivity contribution in [1.82, 2.24) is 10.3 Å². The molecule has 3 rings (SSSR count). The summed E-state index contributed by atoms with van der Waals surface area (Å²) in [6.45, 7) is 4.44. The number of amides is 1. The summed E-state index contributed by atoms with van der Waals surface area (Å²) in [5, 5.41) is 3.83. The minimum Gasteiger partial charge on any atom is -0.352 e. The zero-order chi connectivity index (χ0) is 17.8. The van der Waals surface area contributed by atoms with E-state index in [0.717, 1.165) is 26.7 Å². The lowest BCUT2D eigenvalue weighted by molar-refractivity contribution is -0.120. The standard InChI is InChI=1S/C20H19FN2OS/c1-13-3-5-15(6-4-13)12-22-19(24)11-18-20(23-14(2)25-18)16-7-9-17(21)10-8-16/h3-10H,11-12H2,1-2H3,(H,22,24). The largest absolute Gasteiger partial charge is 0.352 e. The van der Waals surface area contributed by atoms with E-state index in [-0.39, 0.29) is 18.1 Å². The highest BCUT2D eigenvalue weighted by Crippen LogP contribution is 2.28. The highest BCUT2D eigenvalue weighted by molar-refractivity contribution is 7.12. The van der Waals surface area contributed by atoms with Crippen LogP contribution in [0.4, 0.5) is 4.39 Å². The van der Waals surface area contributed by atoms with Crippen molar-refractivity contribution in [2.75, 3.05) is 0 Å². The summed E-state index contributed by atoms with van der Waals surface area (Å²) in [5.41, 5.74) is 3.84. The third-order valence-corrected chi connectivity index (χ3v) is 4.82. The first-order valence-electron chi connectivity index (χ1n) is 8.06. The van der Waals surface area contributed by atoms with Crippen LogP contribution in [0.1, 0.15) is 21.0 Å². The number of nitrogens with zero attached hydrogens (tertiary/aromatic N) is 1. The van der Waals surface area contributed by atoms with Crippen LogP contribution in [0.2, 0.25) is 0 Å². The Labute approximate surface area is 150 Å². The number of halogens is 1. The molecule has 0 spiro atoms. The molecule has 1 heterocycles. The smallest absolute Gasteiger partial charge is 0.225 e. The maximum absolute atomic E-state index is 13.1. The van der Waals surface area contributed by atoms with Gasteiger partial charge in [-0.25, -0.2) is 9.37 Å². The van der Waals surface area contributed by atoms with Crippen LogP contribution in [-0.2, 0) is 17.8 Å². The van der Waals surface area contributed by atoms with Gasteiger partial charge in [0.05, 0.1) is 17.1 Å². The first-order valence-corrected chi connectivity index (χ1v) is 8.87. The third-order valence-electron chi connectivity index (χ3n) is 3.85. The zero-order valence-corrected chi connectivity index (χ0v) is 15.0. The van der Waals surface area contributed by atoms with Gasteiger partial charge in [-0.2, -0.15) is 0 Å². The highest BCUT2D eigenvalue weighted by Gasteiger charge is 2.14. The van der Waals surface area contributed by atoms with Gasteiger partial charge >= 0.3 is 0 Å². The number of nitrogens with one attached hydrogen (secondary N) is 1. The third kappa shape index (κ3) is 4.51. The summed E-state index contributed by atoms with van der Waals surface area (Å²) in [6, 6.07) is 14.3. The van der Waals surface area contributed by atoms with Crippen molar-refractivity contribution in [3.8, 4) is 11.3 Å². The average Bonchev–Trinajstić information content (AvgIpc) is 2.95. The van der Waals surface area contributed by atoms with Gasteiger partial charge in [0.2, 0.25) is 5.91 Å². The highest BCUT2D eigenvalue weighted by atomic mass is 32.1. The molecule has 3 aromatic rings. The quantitative estimate of drug-likeness (QED) is 0.737. The van der Waals surface area contributed by atoms with E-state index in [9.17, 15) is 9.18 Å². The Balaban J connectivity index is 1.69. The van der Waals surface area contributed by atoms with Crippen molar-refractivity contribution in [3.63, 3.8) is 0 Å². The Bertz CT molecular complexity index is 870. The summed E-state index contributed by atoms with van der Waals surface area (Å²) in [6.07, 6.45) is 0.268. The van der Waals surface area contributed by atoms with E-state index in [1.54, 1.807) is 12.1 Å². The molecule has 0 unspecified atom stereocenters. The van der Waals surface area contributed by atoms with Gasteiger partial charge in [0.15, 0.2) is 0 Å². The van der Waals surface area contributed by atoms with Crippen molar-refractivity contribution < 1.29 is 9.18 Å². The molecule has 1 amide bonds. The lowest BCUT2D eigenvalue weighted by Crippen LogP contribution is -2.24. The fraction of sp³-hybridized carbons (Fsp3) is 0.200. The molecule has 0 saturated carbocycles. The number of aryl methyl sites for hydroxylation is 2. The van der Waals surface area contributed by atoms with Crippen molar-refractivity contribution in [2.24, 2.45) is 0 Å². The van der Waals surface area contributed by atoms with E-state index in [4.69, 9.17) is 0 Å². The molecule has 0 fully saturated rings. The second-order valence-electron chi connectivity index (χ2n) is 5.95.